The molecule has 156 valence electrons. The van der Waals surface area contributed by atoms with Crippen LogP contribution in [0.3, 0.4) is 0 Å². The molecular weight excluding hydrogens is 391 g/mol. The summed E-state index contributed by atoms with van der Waals surface area (Å²) in [5.74, 6) is 1.18. The van der Waals surface area contributed by atoms with Gasteiger partial charge in [-0.2, -0.15) is 0 Å². The highest BCUT2D eigenvalue weighted by Crippen LogP contribution is 2.73. The second-order valence-corrected chi connectivity index (χ2v) is 12.4. The molecule has 1 N–H and O–H groups in total. The standard InChI is InChI=1S/C23H33FO2S2/c1-5-12-28-22(27-4)11-9-17-18-7-6-15-13-16(25)8-10-20(15,2)23(18,24)19(26)14-21(17,22)3/h8,10,13,17-19,26H,5-7,9,11-12,14H2,1-4H3/t17-,18-,19-,20-,21-,22-,23-/m0/s1. The Kier molecular flexibility index (Phi) is 5.16. The van der Waals surface area contributed by atoms with Gasteiger partial charge in [0, 0.05) is 11.3 Å². The summed E-state index contributed by atoms with van der Waals surface area (Å²) in [6.07, 6.45) is 11.3. The normalized spacial score (nSPS) is 50.0. The van der Waals surface area contributed by atoms with Crippen LogP contribution in [0.15, 0.2) is 23.8 Å². The van der Waals surface area contributed by atoms with E-state index in [1.807, 2.05) is 30.4 Å². The number of ketones is 1. The number of aliphatic hydroxyl groups excluding tert-OH is 1. The number of carbonyl (C=O) groups is 1. The van der Waals surface area contributed by atoms with Crippen molar-refractivity contribution in [3.63, 3.8) is 0 Å². The summed E-state index contributed by atoms with van der Waals surface area (Å²) >= 11 is 3.96. The van der Waals surface area contributed by atoms with Gasteiger partial charge in [-0.1, -0.05) is 25.5 Å². The Bertz CT molecular complexity index is 736. The molecule has 0 radical (unpaired) electrons. The quantitative estimate of drug-likeness (QED) is 0.600. The van der Waals surface area contributed by atoms with Crippen LogP contribution < -0.4 is 0 Å². The van der Waals surface area contributed by atoms with E-state index in [2.05, 4.69) is 20.1 Å². The maximum absolute atomic E-state index is 17.0. The molecule has 5 heteroatoms. The molecule has 0 aromatic carbocycles. The number of aliphatic hydroxyl groups is 1. The molecule has 4 aliphatic carbocycles. The molecule has 0 spiro atoms. The van der Waals surface area contributed by atoms with E-state index in [0.29, 0.717) is 6.42 Å². The molecule has 0 aromatic heterocycles. The van der Waals surface area contributed by atoms with Crippen LogP contribution in [0, 0.1) is 22.7 Å². The molecule has 3 fully saturated rings. The Labute approximate surface area is 177 Å². The molecule has 2 nitrogen and oxygen atoms in total. The third-order valence-corrected chi connectivity index (χ3v) is 12.5. The molecular formula is C23H33FO2S2. The Hall–Kier alpha value is -0.260. The van der Waals surface area contributed by atoms with Gasteiger partial charge in [-0.25, -0.2) is 4.39 Å². The number of carbonyl (C=O) groups excluding carboxylic acids is 1. The van der Waals surface area contributed by atoms with Gasteiger partial charge in [-0.05, 0) is 80.9 Å². The fourth-order valence-electron chi connectivity index (χ4n) is 7.06. The monoisotopic (exact) mass is 424 g/mol. The van der Waals surface area contributed by atoms with Gasteiger partial charge >= 0.3 is 0 Å². The third-order valence-electron chi connectivity index (χ3n) is 8.55. The van der Waals surface area contributed by atoms with Crippen molar-refractivity contribution >= 4 is 29.3 Å². The lowest BCUT2D eigenvalue weighted by Crippen LogP contribution is -2.67. The molecule has 3 saturated carbocycles. The van der Waals surface area contributed by atoms with E-state index in [-0.39, 0.29) is 27.1 Å². The Morgan fingerprint density at radius 3 is 2.71 bits per heavy atom. The summed E-state index contributed by atoms with van der Waals surface area (Å²) in [5, 5.41) is 11.4. The summed E-state index contributed by atoms with van der Waals surface area (Å²) in [5.41, 5.74) is -1.76. The van der Waals surface area contributed by atoms with Gasteiger partial charge < -0.3 is 5.11 Å². The van der Waals surface area contributed by atoms with Crippen LogP contribution in [-0.4, -0.2) is 38.8 Å². The number of rotatable bonds is 4. The van der Waals surface area contributed by atoms with Crippen LogP contribution in [-0.2, 0) is 4.79 Å². The van der Waals surface area contributed by atoms with Crippen molar-refractivity contribution in [2.24, 2.45) is 22.7 Å². The van der Waals surface area contributed by atoms with Crippen LogP contribution in [0.1, 0.15) is 59.3 Å². The predicted octanol–water partition coefficient (Wildman–Crippen LogP) is 5.56. The molecule has 0 unspecified atom stereocenters. The number of thioether (sulfide) groups is 2. The zero-order valence-electron chi connectivity index (χ0n) is 17.5. The third kappa shape index (κ3) is 2.48. The first-order valence-corrected chi connectivity index (χ1v) is 12.9. The van der Waals surface area contributed by atoms with Crippen LogP contribution in [0.25, 0.3) is 0 Å². The lowest BCUT2D eigenvalue weighted by Gasteiger charge is -2.63. The maximum Gasteiger partial charge on any atom is 0.178 e. The van der Waals surface area contributed by atoms with Gasteiger partial charge in [0.1, 0.15) is 0 Å². The second-order valence-electron chi connectivity index (χ2n) is 9.61. The molecule has 4 aliphatic rings. The highest BCUT2D eigenvalue weighted by molar-refractivity contribution is 8.18. The summed E-state index contributed by atoms with van der Waals surface area (Å²) in [6, 6.07) is 0. The Morgan fingerprint density at radius 1 is 1.29 bits per heavy atom. The van der Waals surface area contributed by atoms with E-state index in [4.69, 9.17) is 0 Å². The lowest BCUT2D eigenvalue weighted by molar-refractivity contribution is -0.189. The number of fused-ring (bicyclic) bond motifs is 5. The fourth-order valence-corrected chi connectivity index (χ4v) is 10.2. The molecule has 0 heterocycles. The first kappa shape index (κ1) is 21.0. The number of hydrogen-bond donors (Lipinski definition) is 1. The van der Waals surface area contributed by atoms with E-state index in [1.54, 1.807) is 12.2 Å². The first-order valence-electron chi connectivity index (χ1n) is 10.7. The van der Waals surface area contributed by atoms with E-state index < -0.39 is 17.2 Å². The van der Waals surface area contributed by atoms with E-state index in [9.17, 15) is 9.90 Å². The predicted molar refractivity (Wildman–Crippen MR) is 117 cm³/mol. The van der Waals surface area contributed by atoms with Crippen molar-refractivity contribution < 1.29 is 14.3 Å². The number of halogens is 1. The van der Waals surface area contributed by atoms with Gasteiger partial charge in [-0.3, -0.25) is 4.79 Å². The van der Waals surface area contributed by atoms with Crippen LogP contribution >= 0.6 is 23.5 Å². The van der Waals surface area contributed by atoms with Crippen molar-refractivity contribution in [2.45, 2.75) is 75.1 Å². The Morgan fingerprint density at radius 2 is 2.04 bits per heavy atom. The molecule has 0 aromatic rings. The molecule has 4 rings (SSSR count). The van der Waals surface area contributed by atoms with E-state index in [0.717, 1.165) is 43.4 Å². The zero-order valence-corrected chi connectivity index (χ0v) is 19.1. The van der Waals surface area contributed by atoms with Crippen molar-refractivity contribution in [2.75, 3.05) is 12.0 Å². The van der Waals surface area contributed by atoms with Crippen molar-refractivity contribution in [3.05, 3.63) is 23.8 Å². The minimum Gasteiger partial charge on any atom is -0.390 e. The van der Waals surface area contributed by atoms with Crippen molar-refractivity contribution in [1.29, 1.82) is 0 Å². The van der Waals surface area contributed by atoms with Crippen molar-refractivity contribution in [3.8, 4) is 0 Å². The van der Waals surface area contributed by atoms with E-state index >= 15 is 4.39 Å². The summed E-state index contributed by atoms with van der Waals surface area (Å²) in [7, 11) is 0. The summed E-state index contributed by atoms with van der Waals surface area (Å²) in [6.45, 7) is 6.44. The summed E-state index contributed by atoms with van der Waals surface area (Å²) in [4.78, 5) is 11.9. The number of allylic oxidation sites excluding steroid dienone is 4. The van der Waals surface area contributed by atoms with Crippen LogP contribution in [0.4, 0.5) is 4.39 Å². The average Bonchev–Trinajstić information content (AvgIpc) is 2.94. The first-order chi connectivity index (χ1) is 13.2. The minimum atomic E-state index is -1.69. The number of alkyl halides is 1. The second kappa shape index (κ2) is 6.88. The fraction of sp³-hybridized carbons (Fsp3) is 0.783. The SMILES string of the molecule is CCCS[C@@]1(SC)CC[C@H]2[C@@H]3CCC4=CC(=O)C=C[C@]4(C)[C@@]3(F)[C@@H](O)C[C@@]21C. The molecule has 28 heavy (non-hydrogen) atoms. The Balaban J connectivity index is 1.76. The van der Waals surface area contributed by atoms with Gasteiger partial charge in [0.25, 0.3) is 0 Å². The maximum atomic E-state index is 17.0. The number of hydrogen-bond acceptors (Lipinski definition) is 4. The topological polar surface area (TPSA) is 37.3 Å². The van der Waals surface area contributed by atoms with Gasteiger partial charge in [0.2, 0.25) is 0 Å². The molecule has 7 atom stereocenters. The highest BCUT2D eigenvalue weighted by atomic mass is 32.2. The lowest BCUT2D eigenvalue weighted by atomic mass is 9.46. The molecule has 0 amide bonds. The smallest absolute Gasteiger partial charge is 0.178 e. The zero-order chi connectivity index (χ0) is 20.4. The van der Waals surface area contributed by atoms with Gasteiger partial charge in [-0.15, -0.1) is 23.5 Å². The van der Waals surface area contributed by atoms with E-state index in [1.165, 1.54) is 6.08 Å². The molecule has 0 bridgehead atoms. The molecule has 0 saturated heterocycles. The molecule has 0 aliphatic heterocycles. The minimum absolute atomic E-state index is 0.0529. The van der Waals surface area contributed by atoms with Crippen LogP contribution in [0.5, 0.6) is 0 Å². The van der Waals surface area contributed by atoms with Gasteiger partial charge in [0.15, 0.2) is 11.5 Å². The highest BCUT2D eigenvalue weighted by Gasteiger charge is 2.72. The van der Waals surface area contributed by atoms with Crippen LogP contribution in [0.2, 0.25) is 0 Å². The van der Waals surface area contributed by atoms with Gasteiger partial charge in [0.05, 0.1) is 10.2 Å². The average molecular weight is 425 g/mol. The van der Waals surface area contributed by atoms with Crippen molar-refractivity contribution in [1.82, 2.24) is 0 Å². The largest absolute Gasteiger partial charge is 0.390 e. The summed E-state index contributed by atoms with van der Waals surface area (Å²) < 4.78 is 17.1.